The number of methoxy groups -OCH3 is 1. The van der Waals surface area contributed by atoms with Crippen LogP contribution < -0.4 is 0 Å². The molecule has 0 aromatic heterocycles. The van der Waals surface area contributed by atoms with Crippen molar-refractivity contribution in [3.8, 4) is 0 Å². The summed E-state index contributed by atoms with van der Waals surface area (Å²) in [7, 11) is -0.362. The molecular weight excluding hydrogens is 309 g/mol. The van der Waals surface area contributed by atoms with Gasteiger partial charge in [-0.25, -0.2) is 4.57 Å². The van der Waals surface area contributed by atoms with Crippen LogP contribution in [-0.4, -0.2) is 75.7 Å². The van der Waals surface area contributed by atoms with Crippen LogP contribution in [0.2, 0.25) is 0 Å². The quantitative estimate of drug-likeness (QED) is 0.457. The van der Waals surface area contributed by atoms with E-state index in [1.807, 2.05) is 6.92 Å². The van der Waals surface area contributed by atoms with Crippen LogP contribution in [0.4, 0.5) is 0 Å². The number of nitrogens with zero attached hydrogens (tertiary/aromatic N) is 1. The van der Waals surface area contributed by atoms with E-state index in [1.54, 1.807) is 0 Å². The molecule has 0 aromatic rings. The minimum Gasteiger partial charge on any atom is -0.379 e. The lowest BCUT2D eigenvalue weighted by Gasteiger charge is -2.37. The fraction of sp³-hybridized carbons (Fsp3) is 1.00. The molecule has 2 atom stereocenters. The highest BCUT2D eigenvalue weighted by Gasteiger charge is 2.28. The molecule has 132 valence electrons. The van der Waals surface area contributed by atoms with Gasteiger partial charge in [0.05, 0.1) is 33.4 Å². The minimum atomic E-state index is -4.03. The Kier molecular flexibility index (Phi) is 9.09. The summed E-state index contributed by atoms with van der Waals surface area (Å²) < 4.78 is 33.1. The fourth-order valence-electron chi connectivity index (χ4n) is 2.52. The van der Waals surface area contributed by atoms with E-state index < -0.39 is 7.82 Å². The normalized spacial score (nSPS) is 22.2. The summed E-state index contributed by atoms with van der Waals surface area (Å²) in [5.41, 5.74) is 0. The van der Waals surface area contributed by atoms with Gasteiger partial charge in [-0.2, -0.15) is 0 Å². The van der Waals surface area contributed by atoms with E-state index in [9.17, 15) is 9.46 Å². The molecule has 1 fully saturated rings. The fourth-order valence-corrected chi connectivity index (χ4v) is 3.27. The Labute approximate surface area is 133 Å². The second kappa shape index (κ2) is 9.98. The van der Waals surface area contributed by atoms with Gasteiger partial charge in [0.15, 0.2) is 0 Å². The van der Waals surface area contributed by atoms with Gasteiger partial charge in [0, 0.05) is 13.7 Å². The monoisotopic (exact) mass is 340 g/mol. The summed E-state index contributed by atoms with van der Waals surface area (Å²) in [6, 6.07) is 0. The third-order valence-corrected chi connectivity index (χ3v) is 5.03. The van der Waals surface area contributed by atoms with Crippen molar-refractivity contribution in [3.05, 3.63) is 0 Å². The summed E-state index contributed by atoms with van der Waals surface area (Å²) in [5, 5.41) is 0. The average Bonchev–Trinajstić information content (AvgIpc) is 2.48. The first-order chi connectivity index (χ1) is 10.4. The Morgan fingerprint density at radius 1 is 1.18 bits per heavy atom. The van der Waals surface area contributed by atoms with Crippen LogP contribution in [0.3, 0.4) is 0 Å². The predicted molar refractivity (Wildman–Crippen MR) is 83.7 cm³/mol. The van der Waals surface area contributed by atoms with E-state index in [0.29, 0.717) is 13.2 Å². The van der Waals surface area contributed by atoms with Crippen molar-refractivity contribution in [3.63, 3.8) is 0 Å². The third-order valence-electron chi connectivity index (χ3n) is 4.05. The van der Waals surface area contributed by atoms with Crippen LogP contribution in [0.15, 0.2) is 0 Å². The smallest absolute Gasteiger partial charge is 0.379 e. The zero-order chi connectivity index (χ0) is 16.5. The summed E-state index contributed by atoms with van der Waals surface area (Å²) in [6.07, 6.45) is 3.30. The highest BCUT2D eigenvalue weighted by Crippen LogP contribution is 2.43. The number of rotatable bonds is 11. The number of phosphoric acid groups is 1. The molecule has 0 saturated carbocycles. The summed E-state index contributed by atoms with van der Waals surface area (Å²) >= 11 is 0. The first kappa shape index (κ1) is 20.0. The molecule has 0 radical (unpaired) electrons. The average molecular weight is 340 g/mol. The number of hydrogen-bond acceptors (Lipinski definition) is 5. The summed E-state index contributed by atoms with van der Waals surface area (Å²) in [4.78, 5) is 9.71. The number of likely N-dealkylation sites (tertiary alicyclic amines) is 1. The molecule has 0 amide bonds. The van der Waals surface area contributed by atoms with Gasteiger partial charge < -0.3 is 18.9 Å². The van der Waals surface area contributed by atoms with Crippen molar-refractivity contribution < 1.29 is 32.5 Å². The van der Waals surface area contributed by atoms with E-state index in [0.717, 1.165) is 24.1 Å². The van der Waals surface area contributed by atoms with E-state index in [2.05, 4.69) is 7.05 Å². The van der Waals surface area contributed by atoms with Gasteiger partial charge in [-0.05, 0) is 26.2 Å². The first-order valence-corrected chi connectivity index (χ1v) is 9.46. The Morgan fingerprint density at radius 3 is 2.45 bits per heavy atom. The molecule has 22 heavy (non-hydrogen) atoms. The molecule has 1 saturated heterocycles. The largest absolute Gasteiger partial charge is 0.472 e. The molecule has 7 nitrogen and oxygen atoms in total. The van der Waals surface area contributed by atoms with Gasteiger partial charge in [0.2, 0.25) is 0 Å². The zero-order valence-electron chi connectivity index (χ0n) is 14.0. The van der Waals surface area contributed by atoms with Crippen molar-refractivity contribution in [2.75, 3.05) is 60.2 Å². The lowest BCUT2D eigenvalue weighted by atomic mass is 10.1. The SMILES string of the molecule is CCOC[C@@H](COP(=O)(O)OCC[N+]1(C)CCCCC1)OC. The highest BCUT2D eigenvalue weighted by molar-refractivity contribution is 7.47. The van der Waals surface area contributed by atoms with Crippen molar-refractivity contribution in [1.29, 1.82) is 0 Å². The maximum absolute atomic E-state index is 11.9. The molecule has 1 aliphatic heterocycles. The zero-order valence-corrected chi connectivity index (χ0v) is 14.9. The number of piperidine rings is 1. The van der Waals surface area contributed by atoms with Crippen LogP contribution in [0.25, 0.3) is 0 Å². The molecule has 8 heteroatoms. The van der Waals surface area contributed by atoms with Crippen LogP contribution in [0.1, 0.15) is 26.2 Å². The number of quaternary nitrogens is 1. The van der Waals surface area contributed by atoms with Gasteiger partial charge in [-0.15, -0.1) is 0 Å². The van der Waals surface area contributed by atoms with Gasteiger partial charge in [-0.3, -0.25) is 9.05 Å². The number of phosphoric ester groups is 1. The Balaban J connectivity index is 2.26. The number of ether oxygens (including phenoxy) is 2. The van der Waals surface area contributed by atoms with Crippen molar-refractivity contribution in [2.24, 2.45) is 0 Å². The maximum atomic E-state index is 11.9. The third kappa shape index (κ3) is 8.02. The highest BCUT2D eigenvalue weighted by atomic mass is 31.2. The Bertz CT molecular complexity index is 348. The second-order valence-electron chi connectivity index (χ2n) is 5.97. The van der Waals surface area contributed by atoms with Crippen LogP contribution >= 0.6 is 7.82 Å². The first-order valence-electron chi connectivity index (χ1n) is 7.97. The molecular formula is C14H31NO6P+. The lowest BCUT2D eigenvalue weighted by Crippen LogP contribution is -2.49. The maximum Gasteiger partial charge on any atom is 0.472 e. The van der Waals surface area contributed by atoms with Crippen molar-refractivity contribution in [2.45, 2.75) is 32.3 Å². The molecule has 1 N–H and O–H groups in total. The second-order valence-corrected chi connectivity index (χ2v) is 7.42. The van der Waals surface area contributed by atoms with Gasteiger partial charge in [-0.1, -0.05) is 0 Å². The summed E-state index contributed by atoms with van der Waals surface area (Å²) in [6.45, 7) is 5.85. The molecule has 0 aromatic carbocycles. The summed E-state index contributed by atoms with van der Waals surface area (Å²) in [5.74, 6) is 0. The van der Waals surface area contributed by atoms with E-state index in [-0.39, 0.29) is 19.3 Å². The van der Waals surface area contributed by atoms with Gasteiger partial charge >= 0.3 is 7.82 Å². The molecule has 1 heterocycles. The molecule has 1 rings (SSSR count). The molecule has 1 unspecified atom stereocenters. The number of likely N-dealkylation sites (N-methyl/N-ethyl adjacent to an activating group) is 1. The van der Waals surface area contributed by atoms with Crippen LogP contribution in [0, 0.1) is 0 Å². The van der Waals surface area contributed by atoms with Crippen LogP contribution in [0.5, 0.6) is 0 Å². The minimum absolute atomic E-state index is 0.0313. The lowest BCUT2D eigenvalue weighted by molar-refractivity contribution is -0.914. The molecule has 0 bridgehead atoms. The topological polar surface area (TPSA) is 74.2 Å². The Morgan fingerprint density at radius 2 is 1.86 bits per heavy atom. The van der Waals surface area contributed by atoms with Crippen molar-refractivity contribution in [1.82, 2.24) is 0 Å². The molecule has 1 aliphatic rings. The van der Waals surface area contributed by atoms with Gasteiger partial charge in [0.1, 0.15) is 19.3 Å². The van der Waals surface area contributed by atoms with E-state index in [1.165, 1.54) is 26.4 Å². The van der Waals surface area contributed by atoms with E-state index >= 15 is 0 Å². The standard InChI is InChI=1S/C14H30NO6P/c1-4-19-12-14(18-3)13-21-22(16,17)20-11-10-15(2)8-6-5-7-9-15/h14H,4-13H2,1-3H3/p+1/t14-/m0/s1. The molecule has 0 aliphatic carbocycles. The van der Waals surface area contributed by atoms with Gasteiger partial charge in [0.25, 0.3) is 0 Å². The van der Waals surface area contributed by atoms with E-state index in [4.69, 9.17) is 18.5 Å². The molecule has 0 spiro atoms. The van der Waals surface area contributed by atoms with Crippen LogP contribution in [-0.2, 0) is 23.1 Å². The Hall–Kier alpha value is -0.0100. The van der Waals surface area contributed by atoms with Crippen molar-refractivity contribution >= 4 is 7.82 Å². The number of hydrogen-bond donors (Lipinski definition) is 1. The predicted octanol–water partition coefficient (Wildman–Crippen LogP) is 1.80.